The molecule has 2 aromatic carbocycles. The lowest BCUT2D eigenvalue weighted by Gasteiger charge is -2.12. The number of methoxy groups -OCH3 is 1. The van der Waals surface area contributed by atoms with Crippen LogP contribution in [0.1, 0.15) is 23.7 Å². The summed E-state index contributed by atoms with van der Waals surface area (Å²) in [6.07, 6.45) is 0.861. The fraction of sp³-hybridized carbons (Fsp3) is 0.263. The molecule has 0 radical (unpaired) electrons. The number of carbonyl (C=O) groups excluding carboxylic acids is 2. The van der Waals surface area contributed by atoms with Crippen LogP contribution in [0.15, 0.2) is 46.9 Å². The zero-order valence-corrected chi connectivity index (χ0v) is 16.7. The Morgan fingerprint density at radius 3 is 2.41 bits per heavy atom. The minimum atomic E-state index is -0.485. The predicted octanol–water partition coefficient (Wildman–Crippen LogP) is 3.09. The second-order valence-corrected chi connectivity index (χ2v) is 6.37. The molecule has 0 atom stereocenters. The van der Waals surface area contributed by atoms with Gasteiger partial charge in [-0.3, -0.25) is 20.4 Å². The van der Waals surface area contributed by atoms with Crippen LogP contribution in [0.25, 0.3) is 0 Å². The van der Waals surface area contributed by atoms with Gasteiger partial charge >= 0.3 is 0 Å². The highest BCUT2D eigenvalue weighted by Crippen LogP contribution is 2.28. The average molecular weight is 437 g/mol. The summed E-state index contributed by atoms with van der Waals surface area (Å²) in [6.45, 7) is 2.32. The van der Waals surface area contributed by atoms with Crippen molar-refractivity contribution in [2.24, 2.45) is 0 Å². The second kappa shape index (κ2) is 10.4. The fourth-order valence-corrected chi connectivity index (χ4v) is 2.32. The predicted molar refractivity (Wildman–Crippen MR) is 104 cm³/mol. The van der Waals surface area contributed by atoms with E-state index in [-0.39, 0.29) is 6.61 Å². The van der Waals surface area contributed by atoms with Gasteiger partial charge in [0.25, 0.3) is 11.8 Å². The van der Waals surface area contributed by atoms with Crippen molar-refractivity contribution in [1.82, 2.24) is 10.9 Å². The third kappa shape index (κ3) is 6.49. The fourth-order valence-electron chi connectivity index (χ4n) is 2.05. The Morgan fingerprint density at radius 2 is 1.74 bits per heavy atom. The highest BCUT2D eigenvalue weighted by molar-refractivity contribution is 9.10. The van der Waals surface area contributed by atoms with Gasteiger partial charge in [0.2, 0.25) is 0 Å². The average Bonchev–Trinajstić information content (AvgIpc) is 2.69. The molecule has 0 heterocycles. The number of amides is 2. The molecule has 144 valence electrons. The van der Waals surface area contributed by atoms with E-state index in [1.54, 1.807) is 42.5 Å². The maximum Gasteiger partial charge on any atom is 0.276 e. The third-order valence-electron chi connectivity index (χ3n) is 3.39. The van der Waals surface area contributed by atoms with E-state index in [9.17, 15) is 9.59 Å². The summed E-state index contributed by atoms with van der Waals surface area (Å²) in [5.74, 6) is 0.587. The van der Waals surface area contributed by atoms with Crippen LogP contribution in [-0.4, -0.2) is 32.1 Å². The van der Waals surface area contributed by atoms with E-state index in [2.05, 4.69) is 26.8 Å². The van der Waals surface area contributed by atoms with Gasteiger partial charge in [0.1, 0.15) is 5.75 Å². The van der Waals surface area contributed by atoms with Gasteiger partial charge in [-0.05, 0) is 48.9 Å². The largest absolute Gasteiger partial charge is 0.493 e. The first-order chi connectivity index (χ1) is 13.0. The van der Waals surface area contributed by atoms with Crippen molar-refractivity contribution >= 4 is 27.7 Å². The lowest BCUT2D eigenvalue weighted by atomic mass is 10.2. The summed E-state index contributed by atoms with van der Waals surface area (Å²) in [7, 11) is 1.50. The molecule has 7 nitrogen and oxygen atoms in total. The van der Waals surface area contributed by atoms with Crippen LogP contribution >= 0.6 is 15.9 Å². The SMILES string of the molecule is CCCOc1ccc(C(=O)NNC(=O)COc2ccc(Br)cc2)cc1OC. The topological polar surface area (TPSA) is 85.9 Å². The lowest BCUT2D eigenvalue weighted by molar-refractivity contribution is -0.123. The molecule has 0 aliphatic heterocycles. The molecule has 0 bridgehead atoms. The molecule has 0 saturated heterocycles. The van der Waals surface area contributed by atoms with Crippen LogP contribution in [-0.2, 0) is 4.79 Å². The highest BCUT2D eigenvalue weighted by Gasteiger charge is 2.12. The summed E-state index contributed by atoms with van der Waals surface area (Å²) in [5, 5.41) is 0. The van der Waals surface area contributed by atoms with E-state index in [1.807, 2.05) is 6.92 Å². The smallest absolute Gasteiger partial charge is 0.276 e. The molecule has 0 saturated carbocycles. The zero-order valence-electron chi connectivity index (χ0n) is 15.1. The van der Waals surface area contributed by atoms with E-state index >= 15 is 0 Å². The standard InChI is InChI=1S/C19H21BrN2O5/c1-3-10-26-16-9-4-13(11-17(16)25-2)19(24)22-21-18(23)12-27-15-7-5-14(20)6-8-15/h4-9,11H,3,10,12H2,1-2H3,(H,21,23)(H,22,24). The molecule has 0 unspecified atom stereocenters. The number of benzene rings is 2. The van der Waals surface area contributed by atoms with Gasteiger partial charge in [0, 0.05) is 10.0 Å². The van der Waals surface area contributed by atoms with E-state index in [0.717, 1.165) is 10.9 Å². The molecule has 0 spiro atoms. The maximum atomic E-state index is 12.2. The van der Waals surface area contributed by atoms with Crippen molar-refractivity contribution in [3.8, 4) is 17.2 Å². The number of hydrazine groups is 1. The molecular weight excluding hydrogens is 416 g/mol. The van der Waals surface area contributed by atoms with Gasteiger partial charge in [-0.15, -0.1) is 0 Å². The van der Waals surface area contributed by atoms with Gasteiger partial charge in [0.15, 0.2) is 18.1 Å². The Balaban J connectivity index is 1.85. The third-order valence-corrected chi connectivity index (χ3v) is 3.92. The molecule has 2 amide bonds. The van der Waals surface area contributed by atoms with Crippen molar-refractivity contribution in [2.75, 3.05) is 20.3 Å². The van der Waals surface area contributed by atoms with Crippen LogP contribution in [0.3, 0.4) is 0 Å². The highest BCUT2D eigenvalue weighted by atomic mass is 79.9. The van der Waals surface area contributed by atoms with Gasteiger partial charge in [-0.25, -0.2) is 0 Å². The Bertz CT molecular complexity index is 780. The maximum absolute atomic E-state index is 12.2. The summed E-state index contributed by atoms with van der Waals surface area (Å²) < 4.78 is 17.0. The first kappa shape index (κ1) is 20.6. The Labute approximate surface area is 166 Å². The van der Waals surface area contributed by atoms with E-state index in [4.69, 9.17) is 14.2 Å². The van der Waals surface area contributed by atoms with Crippen molar-refractivity contribution in [3.05, 3.63) is 52.5 Å². The Kier molecular flexibility index (Phi) is 7.94. The van der Waals surface area contributed by atoms with Crippen LogP contribution in [0, 0.1) is 0 Å². The zero-order chi connectivity index (χ0) is 19.6. The first-order valence-corrected chi connectivity index (χ1v) is 9.11. The number of rotatable bonds is 8. The Morgan fingerprint density at radius 1 is 1.00 bits per heavy atom. The number of hydrogen-bond acceptors (Lipinski definition) is 5. The summed E-state index contributed by atoms with van der Waals surface area (Å²) in [5.41, 5.74) is 4.96. The van der Waals surface area contributed by atoms with Crippen molar-refractivity contribution in [2.45, 2.75) is 13.3 Å². The molecule has 8 heteroatoms. The van der Waals surface area contributed by atoms with Crippen molar-refractivity contribution < 1.29 is 23.8 Å². The summed E-state index contributed by atoms with van der Waals surface area (Å²) in [4.78, 5) is 24.0. The molecule has 0 aromatic heterocycles. The van der Waals surface area contributed by atoms with E-state index < -0.39 is 11.8 Å². The number of hydrogen-bond donors (Lipinski definition) is 2. The molecule has 0 aliphatic carbocycles. The van der Waals surface area contributed by atoms with Crippen LogP contribution in [0.5, 0.6) is 17.2 Å². The van der Waals surface area contributed by atoms with Gasteiger partial charge < -0.3 is 14.2 Å². The van der Waals surface area contributed by atoms with Crippen LogP contribution in [0.4, 0.5) is 0 Å². The number of nitrogens with one attached hydrogen (secondary N) is 2. The number of ether oxygens (including phenoxy) is 3. The Hall–Kier alpha value is -2.74. The molecule has 2 aromatic rings. The van der Waals surface area contributed by atoms with E-state index in [0.29, 0.717) is 29.4 Å². The van der Waals surface area contributed by atoms with Gasteiger partial charge in [0.05, 0.1) is 13.7 Å². The molecule has 0 fully saturated rings. The minimum absolute atomic E-state index is 0.227. The minimum Gasteiger partial charge on any atom is -0.493 e. The summed E-state index contributed by atoms with van der Waals surface area (Å²) >= 11 is 3.32. The molecule has 27 heavy (non-hydrogen) atoms. The van der Waals surface area contributed by atoms with Crippen molar-refractivity contribution in [3.63, 3.8) is 0 Å². The van der Waals surface area contributed by atoms with E-state index in [1.165, 1.54) is 7.11 Å². The van der Waals surface area contributed by atoms with Gasteiger partial charge in [-0.2, -0.15) is 0 Å². The summed E-state index contributed by atoms with van der Waals surface area (Å²) in [6, 6.07) is 11.8. The number of carbonyl (C=O) groups is 2. The van der Waals surface area contributed by atoms with Crippen LogP contribution in [0.2, 0.25) is 0 Å². The lowest BCUT2D eigenvalue weighted by Crippen LogP contribution is -2.43. The quantitative estimate of drug-likeness (QED) is 0.620. The van der Waals surface area contributed by atoms with Gasteiger partial charge in [-0.1, -0.05) is 22.9 Å². The first-order valence-electron chi connectivity index (χ1n) is 8.32. The molecule has 2 N–H and O–H groups in total. The second-order valence-electron chi connectivity index (χ2n) is 5.46. The monoisotopic (exact) mass is 436 g/mol. The molecular formula is C19H21BrN2O5. The number of halogens is 1. The van der Waals surface area contributed by atoms with Crippen molar-refractivity contribution in [1.29, 1.82) is 0 Å². The molecule has 2 rings (SSSR count). The molecule has 0 aliphatic rings. The normalized spacial score (nSPS) is 10.0. The van der Waals surface area contributed by atoms with Crippen LogP contribution < -0.4 is 25.1 Å².